The van der Waals surface area contributed by atoms with E-state index in [1.807, 2.05) is 12.3 Å². The van der Waals surface area contributed by atoms with E-state index >= 15 is 0 Å². The summed E-state index contributed by atoms with van der Waals surface area (Å²) < 4.78 is 0.799. The molecule has 0 aliphatic carbocycles. The summed E-state index contributed by atoms with van der Waals surface area (Å²) in [6, 6.07) is 6.91. The lowest BCUT2D eigenvalue weighted by atomic mass is 10.1. The molecule has 116 valence electrons. The van der Waals surface area contributed by atoms with Crippen LogP contribution in [0, 0.1) is 0 Å². The normalized spacial score (nSPS) is 13.3. The number of hydrogen-bond acceptors (Lipinski definition) is 4. The highest BCUT2D eigenvalue weighted by atomic mass is 79.9. The van der Waals surface area contributed by atoms with Gasteiger partial charge in [0, 0.05) is 22.3 Å². The van der Waals surface area contributed by atoms with Gasteiger partial charge in [-0.25, -0.2) is 0 Å². The molecular weight excluding hydrogens is 356 g/mol. The van der Waals surface area contributed by atoms with Crippen LogP contribution in [-0.2, 0) is 4.79 Å². The first kappa shape index (κ1) is 18.0. The number of thioether (sulfide) groups is 1. The quantitative estimate of drug-likeness (QED) is 0.674. The van der Waals surface area contributed by atoms with Crippen molar-refractivity contribution in [2.45, 2.75) is 12.5 Å². The zero-order valence-electron chi connectivity index (χ0n) is 12.0. The molecule has 0 heterocycles. The standard InChI is InChI=1S/C14H19BrN2O3S/c1-14(20,9-21-2)8-17-12(18)7-16-13(19)10-4-3-5-11(15)6-10/h3-6,20H,7-9H2,1-2H3,(H,16,19)(H,17,18). The summed E-state index contributed by atoms with van der Waals surface area (Å²) in [7, 11) is 0. The molecule has 0 saturated carbocycles. The van der Waals surface area contributed by atoms with Crippen molar-refractivity contribution < 1.29 is 14.7 Å². The van der Waals surface area contributed by atoms with Gasteiger partial charge in [0.15, 0.2) is 0 Å². The van der Waals surface area contributed by atoms with Crippen molar-refractivity contribution in [2.24, 2.45) is 0 Å². The minimum Gasteiger partial charge on any atom is -0.387 e. The highest BCUT2D eigenvalue weighted by molar-refractivity contribution is 9.10. The third kappa shape index (κ3) is 6.97. The van der Waals surface area contributed by atoms with E-state index in [4.69, 9.17) is 0 Å². The Balaban J connectivity index is 2.38. The molecular formula is C14H19BrN2O3S. The second-order valence-electron chi connectivity index (χ2n) is 4.90. The fourth-order valence-corrected chi connectivity index (χ4v) is 2.73. The van der Waals surface area contributed by atoms with Gasteiger partial charge in [0.1, 0.15) is 0 Å². The SMILES string of the molecule is CSCC(C)(O)CNC(=O)CNC(=O)c1cccc(Br)c1. The number of aliphatic hydroxyl groups is 1. The van der Waals surface area contributed by atoms with Gasteiger partial charge < -0.3 is 15.7 Å². The molecule has 1 aromatic rings. The predicted molar refractivity (Wildman–Crippen MR) is 88.5 cm³/mol. The average Bonchev–Trinajstić information content (AvgIpc) is 2.42. The van der Waals surface area contributed by atoms with Gasteiger partial charge in [0.2, 0.25) is 5.91 Å². The molecule has 0 aliphatic rings. The van der Waals surface area contributed by atoms with E-state index in [0.717, 1.165) is 4.47 Å². The lowest BCUT2D eigenvalue weighted by Gasteiger charge is -2.22. The number of halogens is 1. The van der Waals surface area contributed by atoms with Gasteiger partial charge in [0.05, 0.1) is 12.1 Å². The lowest BCUT2D eigenvalue weighted by molar-refractivity contribution is -0.121. The molecule has 0 saturated heterocycles. The van der Waals surface area contributed by atoms with Crippen LogP contribution >= 0.6 is 27.7 Å². The first-order valence-corrected chi connectivity index (χ1v) is 8.54. The first-order valence-electron chi connectivity index (χ1n) is 6.36. The highest BCUT2D eigenvalue weighted by Crippen LogP contribution is 2.11. The maximum atomic E-state index is 11.8. The second kappa shape index (κ2) is 8.41. The predicted octanol–water partition coefficient (Wildman–Crippen LogP) is 1.41. The molecule has 3 N–H and O–H groups in total. The van der Waals surface area contributed by atoms with Crippen LogP contribution in [0.2, 0.25) is 0 Å². The van der Waals surface area contributed by atoms with E-state index in [0.29, 0.717) is 11.3 Å². The highest BCUT2D eigenvalue weighted by Gasteiger charge is 2.20. The van der Waals surface area contributed by atoms with Crippen molar-refractivity contribution in [3.63, 3.8) is 0 Å². The van der Waals surface area contributed by atoms with E-state index in [9.17, 15) is 14.7 Å². The molecule has 0 bridgehead atoms. The summed E-state index contributed by atoms with van der Waals surface area (Å²) in [5, 5.41) is 15.1. The van der Waals surface area contributed by atoms with Gasteiger partial charge in [0.25, 0.3) is 5.91 Å². The van der Waals surface area contributed by atoms with Crippen LogP contribution in [0.1, 0.15) is 17.3 Å². The van der Waals surface area contributed by atoms with Crippen molar-refractivity contribution in [2.75, 3.05) is 25.1 Å². The van der Waals surface area contributed by atoms with Crippen LogP contribution < -0.4 is 10.6 Å². The molecule has 0 radical (unpaired) electrons. The molecule has 7 heteroatoms. The summed E-state index contributed by atoms with van der Waals surface area (Å²) in [5.74, 6) is -0.125. The molecule has 1 rings (SSSR count). The maximum absolute atomic E-state index is 11.8. The molecule has 0 fully saturated rings. The number of rotatable bonds is 7. The Hall–Kier alpha value is -1.05. The minimum absolute atomic E-state index is 0.124. The maximum Gasteiger partial charge on any atom is 0.251 e. The zero-order chi connectivity index (χ0) is 15.9. The molecule has 1 atom stereocenters. The van der Waals surface area contributed by atoms with Gasteiger partial charge >= 0.3 is 0 Å². The van der Waals surface area contributed by atoms with Crippen molar-refractivity contribution in [3.05, 3.63) is 34.3 Å². The molecule has 1 aromatic carbocycles. The van der Waals surface area contributed by atoms with E-state index in [1.54, 1.807) is 25.1 Å². The molecule has 5 nitrogen and oxygen atoms in total. The van der Waals surface area contributed by atoms with Crippen LogP contribution in [0.25, 0.3) is 0 Å². The summed E-state index contributed by atoms with van der Waals surface area (Å²) in [4.78, 5) is 23.5. The topological polar surface area (TPSA) is 78.4 Å². The Morgan fingerprint density at radius 2 is 2.10 bits per heavy atom. The summed E-state index contributed by atoms with van der Waals surface area (Å²) in [6.45, 7) is 1.68. The number of amides is 2. The summed E-state index contributed by atoms with van der Waals surface area (Å²) >= 11 is 4.78. The Labute approximate surface area is 137 Å². The van der Waals surface area contributed by atoms with E-state index in [2.05, 4.69) is 26.6 Å². The number of carbonyl (C=O) groups is 2. The molecule has 0 spiro atoms. The Kier molecular flexibility index (Phi) is 7.21. The van der Waals surface area contributed by atoms with Crippen LogP contribution in [-0.4, -0.2) is 47.6 Å². The molecule has 0 aliphatic heterocycles. The molecule has 1 unspecified atom stereocenters. The van der Waals surface area contributed by atoms with Crippen molar-refractivity contribution >= 4 is 39.5 Å². The van der Waals surface area contributed by atoms with E-state index in [1.165, 1.54) is 11.8 Å². The van der Waals surface area contributed by atoms with Crippen molar-refractivity contribution in [1.82, 2.24) is 10.6 Å². The van der Waals surface area contributed by atoms with Gasteiger partial charge in [-0.05, 0) is 31.4 Å². The molecule has 2 amide bonds. The van der Waals surface area contributed by atoms with Gasteiger partial charge in [-0.2, -0.15) is 11.8 Å². The summed E-state index contributed by atoms with van der Waals surface area (Å²) in [6.07, 6.45) is 1.88. The smallest absolute Gasteiger partial charge is 0.251 e. The first-order chi connectivity index (χ1) is 9.84. The minimum atomic E-state index is -0.955. The fourth-order valence-electron chi connectivity index (χ4n) is 1.61. The number of nitrogens with one attached hydrogen (secondary N) is 2. The van der Waals surface area contributed by atoms with Gasteiger partial charge in [-0.3, -0.25) is 9.59 Å². The lowest BCUT2D eigenvalue weighted by Crippen LogP contribution is -2.45. The number of benzene rings is 1. The van der Waals surface area contributed by atoms with E-state index in [-0.39, 0.29) is 24.9 Å². The van der Waals surface area contributed by atoms with Gasteiger partial charge in [-0.1, -0.05) is 22.0 Å². The molecule has 21 heavy (non-hydrogen) atoms. The fraction of sp³-hybridized carbons (Fsp3) is 0.429. The summed E-state index contributed by atoms with van der Waals surface area (Å²) in [5.41, 5.74) is -0.477. The number of carbonyl (C=O) groups excluding carboxylic acids is 2. The van der Waals surface area contributed by atoms with Gasteiger partial charge in [-0.15, -0.1) is 0 Å². The molecule has 0 aromatic heterocycles. The Morgan fingerprint density at radius 1 is 1.38 bits per heavy atom. The van der Waals surface area contributed by atoms with E-state index < -0.39 is 5.60 Å². The van der Waals surface area contributed by atoms with Crippen LogP contribution in [0.5, 0.6) is 0 Å². The Morgan fingerprint density at radius 3 is 2.71 bits per heavy atom. The third-order valence-corrected chi connectivity index (χ3v) is 4.02. The average molecular weight is 375 g/mol. The Bertz CT molecular complexity index is 509. The monoisotopic (exact) mass is 374 g/mol. The van der Waals surface area contributed by atoms with Crippen LogP contribution in [0.4, 0.5) is 0 Å². The number of hydrogen-bond donors (Lipinski definition) is 3. The second-order valence-corrected chi connectivity index (χ2v) is 6.68. The van der Waals surface area contributed by atoms with Crippen LogP contribution in [0.3, 0.4) is 0 Å². The third-order valence-electron chi connectivity index (χ3n) is 2.62. The largest absolute Gasteiger partial charge is 0.387 e. The van der Waals surface area contributed by atoms with Crippen LogP contribution in [0.15, 0.2) is 28.7 Å². The zero-order valence-corrected chi connectivity index (χ0v) is 14.4. The van der Waals surface area contributed by atoms with Crippen molar-refractivity contribution in [1.29, 1.82) is 0 Å². The van der Waals surface area contributed by atoms with Crippen molar-refractivity contribution in [3.8, 4) is 0 Å².